The van der Waals surface area contributed by atoms with E-state index in [1.807, 2.05) is 6.92 Å². The molecule has 0 atom stereocenters. The van der Waals surface area contributed by atoms with E-state index in [1.165, 1.54) is 18.3 Å². The molecule has 3 aromatic rings. The highest BCUT2D eigenvalue weighted by Gasteiger charge is 2.26. The zero-order valence-electron chi connectivity index (χ0n) is 17.2. The molecule has 31 heavy (non-hydrogen) atoms. The number of carboxylic acid groups (broad SMARTS) is 1. The maximum absolute atomic E-state index is 13.2. The second-order valence-corrected chi connectivity index (χ2v) is 8.12. The fourth-order valence-corrected chi connectivity index (χ4v) is 4.28. The molecule has 1 saturated heterocycles. The number of carbonyl (C=O) groups excluding carboxylic acids is 2. The molecule has 1 aromatic heterocycles. The highest BCUT2D eigenvalue weighted by atomic mass is 19.1. The first-order valence-corrected chi connectivity index (χ1v) is 10.3. The molecule has 0 bridgehead atoms. The van der Waals surface area contributed by atoms with Gasteiger partial charge in [-0.15, -0.1) is 0 Å². The number of ketones is 1. The van der Waals surface area contributed by atoms with Crippen LogP contribution in [-0.4, -0.2) is 45.7 Å². The predicted octanol–water partition coefficient (Wildman–Crippen LogP) is 3.98. The van der Waals surface area contributed by atoms with Crippen molar-refractivity contribution in [2.75, 3.05) is 13.1 Å². The van der Waals surface area contributed by atoms with Crippen molar-refractivity contribution in [3.63, 3.8) is 0 Å². The minimum absolute atomic E-state index is 0.0505. The summed E-state index contributed by atoms with van der Waals surface area (Å²) in [6, 6.07) is 9.93. The number of amides is 1. The van der Waals surface area contributed by atoms with Gasteiger partial charge in [-0.3, -0.25) is 9.59 Å². The van der Waals surface area contributed by atoms with Gasteiger partial charge >= 0.3 is 5.97 Å². The van der Waals surface area contributed by atoms with Gasteiger partial charge in [-0.2, -0.15) is 0 Å². The number of nitrogens with one attached hydrogen (secondary N) is 1. The van der Waals surface area contributed by atoms with Crippen molar-refractivity contribution in [2.24, 2.45) is 5.92 Å². The molecule has 7 heteroatoms. The van der Waals surface area contributed by atoms with Gasteiger partial charge in [0.15, 0.2) is 0 Å². The van der Waals surface area contributed by atoms with Crippen molar-refractivity contribution >= 4 is 28.6 Å². The smallest absolute Gasteiger partial charge is 0.377 e. The van der Waals surface area contributed by atoms with Crippen LogP contribution in [0.3, 0.4) is 0 Å². The van der Waals surface area contributed by atoms with Gasteiger partial charge < -0.3 is 15.0 Å². The number of rotatable bonds is 5. The summed E-state index contributed by atoms with van der Waals surface area (Å²) in [5.41, 5.74) is 3.01. The molecule has 6 nitrogen and oxygen atoms in total. The SMILES string of the molecule is Cc1cc2[nH]cc(C(=O)C(=O)O)c2cc1C(=O)N1CCC(Cc2ccc(F)cc2)CC1. The van der Waals surface area contributed by atoms with Gasteiger partial charge in [0.1, 0.15) is 5.82 Å². The summed E-state index contributed by atoms with van der Waals surface area (Å²) in [6.45, 7) is 3.07. The summed E-state index contributed by atoms with van der Waals surface area (Å²) in [5.74, 6) is -2.46. The number of carboxylic acids is 1. The maximum atomic E-state index is 13.2. The Balaban J connectivity index is 1.48. The van der Waals surface area contributed by atoms with Gasteiger partial charge in [-0.1, -0.05) is 12.1 Å². The van der Waals surface area contributed by atoms with Gasteiger partial charge in [0, 0.05) is 35.8 Å². The van der Waals surface area contributed by atoms with Crippen LogP contribution >= 0.6 is 0 Å². The van der Waals surface area contributed by atoms with Crippen LogP contribution in [0.15, 0.2) is 42.6 Å². The number of hydrogen-bond donors (Lipinski definition) is 2. The molecule has 0 aliphatic carbocycles. The van der Waals surface area contributed by atoms with Crippen molar-refractivity contribution in [3.05, 3.63) is 70.7 Å². The lowest BCUT2D eigenvalue weighted by atomic mass is 9.89. The van der Waals surface area contributed by atoms with Crippen molar-refractivity contribution in [1.29, 1.82) is 0 Å². The van der Waals surface area contributed by atoms with Gasteiger partial charge in [-0.05, 0) is 67.5 Å². The highest BCUT2D eigenvalue weighted by Crippen LogP contribution is 2.27. The molecule has 2 heterocycles. The Morgan fingerprint density at radius 3 is 2.42 bits per heavy atom. The molecule has 2 aromatic carbocycles. The van der Waals surface area contributed by atoms with E-state index in [4.69, 9.17) is 5.11 Å². The highest BCUT2D eigenvalue weighted by molar-refractivity contribution is 6.42. The normalized spacial score (nSPS) is 14.7. The number of likely N-dealkylation sites (tertiary alicyclic amines) is 1. The first kappa shape index (κ1) is 20.8. The number of aliphatic carboxylic acids is 1. The van der Waals surface area contributed by atoms with E-state index < -0.39 is 11.8 Å². The van der Waals surface area contributed by atoms with Crippen LogP contribution < -0.4 is 0 Å². The van der Waals surface area contributed by atoms with Crippen LogP contribution in [0.4, 0.5) is 4.39 Å². The number of benzene rings is 2. The van der Waals surface area contributed by atoms with Crippen molar-refractivity contribution in [3.8, 4) is 0 Å². The fraction of sp³-hybridized carbons (Fsp3) is 0.292. The zero-order valence-corrected chi connectivity index (χ0v) is 17.2. The average Bonchev–Trinajstić information content (AvgIpc) is 3.16. The molecule has 0 radical (unpaired) electrons. The van der Waals surface area contributed by atoms with Crippen LogP contribution in [0.5, 0.6) is 0 Å². The van der Waals surface area contributed by atoms with Crippen molar-refractivity contribution in [2.45, 2.75) is 26.2 Å². The molecule has 160 valence electrons. The molecule has 1 fully saturated rings. The second-order valence-electron chi connectivity index (χ2n) is 8.12. The van der Waals surface area contributed by atoms with E-state index in [1.54, 1.807) is 29.2 Å². The average molecular weight is 422 g/mol. The first-order chi connectivity index (χ1) is 14.8. The van der Waals surface area contributed by atoms with E-state index >= 15 is 0 Å². The maximum Gasteiger partial charge on any atom is 0.377 e. The third-order valence-electron chi connectivity index (χ3n) is 6.04. The number of hydrogen-bond acceptors (Lipinski definition) is 3. The monoisotopic (exact) mass is 422 g/mol. The molecule has 1 aliphatic rings. The van der Waals surface area contributed by atoms with E-state index in [2.05, 4.69) is 4.98 Å². The third kappa shape index (κ3) is 4.21. The van der Waals surface area contributed by atoms with Gasteiger partial charge in [-0.25, -0.2) is 9.18 Å². The Bertz CT molecular complexity index is 1160. The van der Waals surface area contributed by atoms with Crippen LogP contribution in [0, 0.1) is 18.7 Å². The van der Waals surface area contributed by atoms with Gasteiger partial charge in [0.05, 0.1) is 5.56 Å². The zero-order chi connectivity index (χ0) is 22.1. The fourth-order valence-electron chi connectivity index (χ4n) is 4.28. The second kappa shape index (κ2) is 8.34. The quantitative estimate of drug-likeness (QED) is 0.481. The molecular weight excluding hydrogens is 399 g/mol. The summed E-state index contributed by atoms with van der Waals surface area (Å²) in [7, 11) is 0. The third-order valence-corrected chi connectivity index (χ3v) is 6.04. The van der Waals surface area contributed by atoms with Gasteiger partial charge in [0.2, 0.25) is 0 Å². The summed E-state index contributed by atoms with van der Waals surface area (Å²) in [5, 5.41) is 9.47. The van der Waals surface area contributed by atoms with Crippen LogP contribution in [0.1, 0.15) is 44.7 Å². The molecule has 2 N–H and O–H groups in total. The number of Topliss-reactive ketones (excluding diaryl/α,β-unsaturated/α-hetero) is 1. The largest absolute Gasteiger partial charge is 0.475 e. The summed E-state index contributed by atoms with van der Waals surface area (Å²) < 4.78 is 13.1. The Kier molecular flexibility index (Phi) is 5.59. The van der Waals surface area contributed by atoms with Crippen LogP contribution in [-0.2, 0) is 11.2 Å². The first-order valence-electron chi connectivity index (χ1n) is 10.3. The number of fused-ring (bicyclic) bond motifs is 1. The Labute approximate surface area is 178 Å². The Hall–Kier alpha value is -3.48. The number of nitrogens with zero attached hydrogens (tertiary/aromatic N) is 1. The lowest BCUT2D eigenvalue weighted by Gasteiger charge is -2.32. The number of aromatic nitrogens is 1. The predicted molar refractivity (Wildman–Crippen MR) is 114 cm³/mol. The molecular formula is C24H23FN2O4. The molecule has 1 amide bonds. The molecule has 0 unspecified atom stereocenters. The summed E-state index contributed by atoms with van der Waals surface area (Å²) in [6.07, 6.45) is 3.95. The van der Waals surface area contributed by atoms with Crippen molar-refractivity contribution < 1.29 is 23.9 Å². The lowest BCUT2D eigenvalue weighted by molar-refractivity contribution is -0.131. The number of aromatic amines is 1. The van der Waals surface area contributed by atoms with Gasteiger partial charge in [0.25, 0.3) is 11.7 Å². The number of carbonyl (C=O) groups is 3. The summed E-state index contributed by atoms with van der Waals surface area (Å²) in [4.78, 5) is 40.9. The van der Waals surface area contributed by atoms with E-state index in [0.29, 0.717) is 35.5 Å². The Morgan fingerprint density at radius 2 is 1.77 bits per heavy atom. The number of aryl methyl sites for hydroxylation is 1. The number of halogens is 1. The standard InChI is InChI=1S/C24H23FN2O4/c1-14-10-21-19(20(13-26-21)22(28)24(30)31)12-18(14)23(29)27-8-6-16(7-9-27)11-15-2-4-17(25)5-3-15/h2-5,10,12-13,16,26H,6-9,11H2,1H3,(H,30,31). The van der Waals surface area contributed by atoms with E-state index in [9.17, 15) is 18.8 Å². The molecule has 1 aliphatic heterocycles. The number of H-pyrrole nitrogens is 1. The Morgan fingerprint density at radius 1 is 1.10 bits per heavy atom. The topological polar surface area (TPSA) is 90.5 Å². The molecule has 4 rings (SSSR count). The van der Waals surface area contributed by atoms with Crippen molar-refractivity contribution in [1.82, 2.24) is 9.88 Å². The summed E-state index contributed by atoms with van der Waals surface area (Å²) >= 11 is 0. The van der Waals surface area contributed by atoms with E-state index in [0.717, 1.165) is 30.4 Å². The van der Waals surface area contributed by atoms with Crippen LogP contribution in [0.25, 0.3) is 10.9 Å². The van der Waals surface area contributed by atoms with E-state index in [-0.39, 0.29) is 17.3 Å². The molecule has 0 saturated carbocycles. The minimum Gasteiger partial charge on any atom is -0.475 e. The minimum atomic E-state index is -1.53. The van der Waals surface area contributed by atoms with Crippen LogP contribution in [0.2, 0.25) is 0 Å². The lowest BCUT2D eigenvalue weighted by Crippen LogP contribution is -2.39. The number of piperidine rings is 1. The molecule has 0 spiro atoms.